The first-order valence-corrected chi connectivity index (χ1v) is 8.42. The smallest absolute Gasteiger partial charge is 0.256 e. The van der Waals surface area contributed by atoms with E-state index in [1.807, 2.05) is 0 Å². The Balaban J connectivity index is 1.47. The summed E-state index contributed by atoms with van der Waals surface area (Å²) in [6.07, 6.45) is 3.75. The van der Waals surface area contributed by atoms with Crippen LogP contribution in [0, 0.1) is 5.82 Å². The third-order valence-electron chi connectivity index (χ3n) is 3.49. The Morgan fingerprint density at radius 1 is 1.39 bits per heavy atom. The minimum atomic E-state index is -0.300. The third kappa shape index (κ3) is 4.56. The maximum absolute atomic E-state index is 12.9. The van der Waals surface area contributed by atoms with Crippen molar-refractivity contribution in [3.63, 3.8) is 0 Å². The van der Waals surface area contributed by atoms with Gasteiger partial charge in [0.1, 0.15) is 5.82 Å². The zero-order valence-corrected chi connectivity index (χ0v) is 13.3. The molecular weight excluding hydrogens is 319 g/mol. The van der Waals surface area contributed by atoms with E-state index in [2.05, 4.69) is 10.3 Å². The first kappa shape index (κ1) is 16.0. The Morgan fingerprint density at radius 2 is 2.22 bits per heavy atom. The number of oxazole rings is 1. The van der Waals surface area contributed by atoms with Gasteiger partial charge in [-0.1, -0.05) is 11.8 Å². The molecule has 1 aromatic carbocycles. The van der Waals surface area contributed by atoms with Gasteiger partial charge in [0.2, 0.25) is 5.91 Å². The number of carbonyl (C=O) groups is 1. The van der Waals surface area contributed by atoms with Crippen molar-refractivity contribution in [1.82, 2.24) is 10.3 Å². The molecule has 0 bridgehead atoms. The molecular formula is C16H17FN2O3S. The molecule has 1 amide bonds. The summed E-state index contributed by atoms with van der Waals surface area (Å²) >= 11 is 1.22. The predicted molar refractivity (Wildman–Crippen MR) is 84.6 cm³/mol. The number of ether oxygens (including phenoxy) is 1. The van der Waals surface area contributed by atoms with Gasteiger partial charge in [0.15, 0.2) is 5.76 Å². The molecule has 0 spiro atoms. The van der Waals surface area contributed by atoms with Crippen LogP contribution < -0.4 is 5.32 Å². The normalized spacial score (nSPS) is 17.3. The maximum Gasteiger partial charge on any atom is 0.256 e. The van der Waals surface area contributed by atoms with Gasteiger partial charge in [-0.25, -0.2) is 9.37 Å². The number of rotatable bonds is 6. The highest BCUT2D eigenvalue weighted by atomic mass is 32.2. The first-order valence-electron chi connectivity index (χ1n) is 7.43. The molecule has 1 atom stereocenters. The van der Waals surface area contributed by atoms with Crippen LogP contribution in [0.2, 0.25) is 0 Å². The minimum absolute atomic E-state index is 0.0768. The molecule has 2 heterocycles. The number of nitrogens with zero attached hydrogens (tertiary/aromatic N) is 1. The standard InChI is InChI=1S/C16H17FN2O3S/c17-12-5-3-11(4-6-12)14-9-19-16(22-14)23-10-15(20)18-8-13-2-1-7-21-13/h3-6,9,13H,1-2,7-8,10H2,(H,18,20)/t13-/m0/s1. The van der Waals surface area contributed by atoms with Crippen molar-refractivity contribution in [3.8, 4) is 11.3 Å². The molecule has 0 radical (unpaired) electrons. The molecule has 0 unspecified atom stereocenters. The average Bonchev–Trinajstić information content (AvgIpc) is 3.23. The quantitative estimate of drug-likeness (QED) is 0.822. The molecule has 1 aliphatic heterocycles. The lowest BCUT2D eigenvalue weighted by atomic mass is 10.2. The van der Waals surface area contributed by atoms with Crippen LogP contribution in [0.25, 0.3) is 11.3 Å². The molecule has 1 fully saturated rings. The summed E-state index contributed by atoms with van der Waals surface area (Å²) in [6.45, 7) is 1.32. The van der Waals surface area contributed by atoms with Gasteiger partial charge in [-0.05, 0) is 37.1 Å². The van der Waals surface area contributed by atoms with Gasteiger partial charge in [-0.2, -0.15) is 0 Å². The topological polar surface area (TPSA) is 64.4 Å². The Labute approximate surface area is 137 Å². The summed E-state index contributed by atoms with van der Waals surface area (Å²) in [6, 6.07) is 5.98. The Hall–Kier alpha value is -1.86. The zero-order chi connectivity index (χ0) is 16.1. The van der Waals surface area contributed by atoms with E-state index in [4.69, 9.17) is 9.15 Å². The molecule has 1 aliphatic rings. The van der Waals surface area contributed by atoms with Gasteiger partial charge in [0.25, 0.3) is 5.22 Å². The average molecular weight is 336 g/mol. The summed E-state index contributed by atoms with van der Waals surface area (Å²) < 4.78 is 23.9. The van der Waals surface area contributed by atoms with Crippen molar-refractivity contribution >= 4 is 17.7 Å². The van der Waals surface area contributed by atoms with Gasteiger partial charge < -0.3 is 14.5 Å². The van der Waals surface area contributed by atoms with E-state index < -0.39 is 0 Å². The number of aromatic nitrogens is 1. The van der Waals surface area contributed by atoms with Crippen LogP contribution in [-0.4, -0.2) is 35.9 Å². The summed E-state index contributed by atoms with van der Waals surface area (Å²) in [4.78, 5) is 15.9. The van der Waals surface area contributed by atoms with Crippen LogP contribution in [0.4, 0.5) is 4.39 Å². The second-order valence-electron chi connectivity index (χ2n) is 5.23. The summed E-state index contributed by atoms with van der Waals surface area (Å²) in [5.74, 6) is 0.404. The molecule has 1 N–H and O–H groups in total. The van der Waals surface area contributed by atoms with Gasteiger partial charge in [0.05, 0.1) is 18.1 Å². The largest absolute Gasteiger partial charge is 0.431 e. The molecule has 122 valence electrons. The number of amides is 1. The minimum Gasteiger partial charge on any atom is -0.431 e. The Kier molecular flexibility index (Phi) is 5.30. The van der Waals surface area contributed by atoms with Crippen molar-refractivity contribution in [1.29, 1.82) is 0 Å². The van der Waals surface area contributed by atoms with Gasteiger partial charge >= 0.3 is 0 Å². The fraction of sp³-hybridized carbons (Fsp3) is 0.375. The summed E-state index contributed by atoms with van der Waals surface area (Å²) in [5.41, 5.74) is 0.744. The number of nitrogens with one attached hydrogen (secondary N) is 1. The fourth-order valence-corrected chi connectivity index (χ4v) is 2.92. The number of hydrogen-bond donors (Lipinski definition) is 1. The maximum atomic E-state index is 12.9. The van der Waals surface area contributed by atoms with E-state index >= 15 is 0 Å². The van der Waals surface area contributed by atoms with Gasteiger partial charge in [-0.3, -0.25) is 4.79 Å². The second-order valence-corrected chi connectivity index (χ2v) is 6.15. The van der Waals surface area contributed by atoms with Crippen LogP contribution in [-0.2, 0) is 9.53 Å². The van der Waals surface area contributed by atoms with Crippen molar-refractivity contribution in [2.45, 2.75) is 24.2 Å². The number of thioether (sulfide) groups is 1. The SMILES string of the molecule is O=C(CSc1ncc(-c2ccc(F)cc2)o1)NC[C@@H]1CCCO1. The molecule has 23 heavy (non-hydrogen) atoms. The zero-order valence-electron chi connectivity index (χ0n) is 12.5. The molecule has 1 aromatic heterocycles. The van der Waals surface area contributed by atoms with E-state index in [-0.39, 0.29) is 23.6 Å². The number of benzene rings is 1. The molecule has 0 saturated carbocycles. The Morgan fingerprint density at radius 3 is 2.96 bits per heavy atom. The van der Waals surface area contributed by atoms with Crippen molar-refractivity contribution in [2.24, 2.45) is 0 Å². The monoisotopic (exact) mass is 336 g/mol. The van der Waals surface area contributed by atoms with E-state index in [9.17, 15) is 9.18 Å². The Bertz CT molecular complexity index is 654. The second kappa shape index (κ2) is 7.61. The van der Waals surface area contributed by atoms with E-state index in [1.165, 1.54) is 23.9 Å². The summed E-state index contributed by atoms with van der Waals surface area (Å²) in [7, 11) is 0. The van der Waals surface area contributed by atoms with Crippen LogP contribution in [0.3, 0.4) is 0 Å². The molecule has 2 aromatic rings. The fourth-order valence-electron chi connectivity index (χ4n) is 2.28. The third-order valence-corrected chi connectivity index (χ3v) is 4.33. The van der Waals surface area contributed by atoms with Crippen molar-refractivity contribution in [3.05, 3.63) is 36.3 Å². The van der Waals surface area contributed by atoms with E-state index in [0.717, 1.165) is 25.0 Å². The lowest BCUT2D eigenvalue weighted by molar-refractivity contribution is -0.119. The highest BCUT2D eigenvalue weighted by Crippen LogP contribution is 2.25. The van der Waals surface area contributed by atoms with Gasteiger partial charge in [0, 0.05) is 18.7 Å². The molecule has 0 aliphatic carbocycles. The van der Waals surface area contributed by atoms with E-state index in [0.29, 0.717) is 17.5 Å². The number of halogens is 1. The van der Waals surface area contributed by atoms with Crippen molar-refractivity contribution < 1.29 is 18.3 Å². The molecule has 3 rings (SSSR count). The number of hydrogen-bond acceptors (Lipinski definition) is 5. The first-order chi connectivity index (χ1) is 11.2. The summed E-state index contributed by atoms with van der Waals surface area (Å²) in [5, 5.41) is 3.26. The molecule has 1 saturated heterocycles. The van der Waals surface area contributed by atoms with Crippen LogP contribution in [0.1, 0.15) is 12.8 Å². The number of carbonyl (C=O) groups excluding carboxylic acids is 1. The van der Waals surface area contributed by atoms with Crippen LogP contribution in [0.15, 0.2) is 40.1 Å². The predicted octanol–water partition coefficient (Wildman–Crippen LogP) is 2.87. The molecule has 7 heteroatoms. The van der Waals surface area contributed by atoms with Gasteiger partial charge in [-0.15, -0.1) is 0 Å². The highest BCUT2D eigenvalue weighted by molar-refractivity contribution is 7.99. The van der Waals surface area contributed by atoms with Crippen LogP contribution >= 0.6 is 11.8 Å². The molecule has 5 nitrogen and oxygen atoms in total. The lowest BCUT2D eigenvalue weighted by Crippen LogP contribution is -2.32. The highest BCUT2D eigenvalue weighted by Gasteiger charge is 2.16. The van der Waals surface area contributed by atoms with E-state index in [1.54, 1.807) is 18.3 Å². The lowest BCUT2D eigenvalue weighted by Gasteiger charge is -2.09. The van der Waals surface area contributed by atoms with Crippen LogP contribution in [0.5, 0.6) is 0 Å². The van der Waals surface area contributed by atoms with Crippen molar-refractivity contribution in [2.75, 3.05) is 18.9 Å².